The second-order valence-corrected chi connectivity index (χ2v) is 8.77. The summed E-state index contributed by atoms with van der Waals surface area (Å²) < 4.78 is 9.95. The lowest BCUT2D eigenvalue weighted by Crippen LogP contribution is -1.98. The maximum atomic E-state index is 5.30. The summed E-state index contributed by atoms with van der Waals surface area (Å²) >= 11 is 0. The molecule has 0 aliphatic heterocycles. The summed E-state index contributed by atoms with van der Waals surface area (Å²) in [6, 6.07) is 36.9. The topological polar surface area (TPSA) is 19.1 Å². The third-order valence-electron chi connectivity index (χ3n) is 6.59. The summed E-state index contributed by atoms with van der Waals surface area (Å²) in [6.45, 7) is 1.70. The lowest BCUT2D eigenvalue weighted by Gasteiger charge is -2.10. The Labute approximate surface area is 199 Å². The van der Waals surface area contributed by atoms with Crippen molar-refractivity contribution in [2.75, 3.05) is 7.11 Å². The fourth-order valence-electron chi connectivity index (χ4n) is 4.71. The molecule has 0 radical (unpaired) electrons. The highest BCUT2D eigenvalue weighted by molar-refractivity contribution is 5.89. The molecule has 0 spiro atoms. The molecule has 6 rings (SSSR count). The van der Waals surface area contributed by atoms with Gasteiger partial charge in [0.1, 0.15) is 5.75 Å². The summed E-state index contributed by atoms with van der Waals surface area (Å²) in [5.74, 6) is 0.885. The second-order valence-electron chi connectivity index (χ2n) is 8.77. The summed E-state index contributed by atoms with van der Waals surface area (Å²) in [5, 5.41) is 2.52. The number of aromatic nitrogens is 2. The van der Waals surface area contributed by atoms with Gasteiger partial charge >= 0.3 is 0 Å². The van der Waals surface area contributed by atoms with Crippen LogP contribution in [-0.4, -0.2) is 16.2 Å². The molecule has 0 unspecified atom stereocenters. The number of ether oxygens (including phenoxy) is 1. The van der Waals surface area contributed by atoms with E-state index in [-0.39, 0.29) is 0 Å². The highest BCUT2D eigenvalue weighted by Gasteiger charge is 2.08. The van der Waals surface area contributed by atoms with Crippen molar-refractivity contribution in [2.24, 2.45) is 0 Å². The third-order valence-corrected chi connectivity index (χ3v) is 6.59. The number of nitrogens with zero attached hydrogens (tertiary/aromatic N) is 2. The van der Waals surface area contributed by atoms with Crippen LogP contribution in [0.2, 0.25) is 0 Å². The van der Waals surface area contributed by atoms with Gasteiger partial charge in [0.25, 0.3) is 0 Å². The van der Waals surface area contributed by atoms with Gasteiger partial charge < -0.3 is 13.9 Å². The number of methoxy groups -OCH3 is 1. The van der Waals surface area contributed by atoms with E-state index in [1.54, 1.807) is 7.11 Å². The Bertz CT molecular complexity index is 1570. The molecule has 0 saturated carbocycles. The molecule has 0 saturated heterocycles. The van der Waals surface area contributed by atoms with Crippen molar-refractivity contribution in [3.63, 3.8) is 0 Å². The van der Waals surface area contributed by atoms with Crippen molar-refractivity contribution in [3.8, 4) is 16.9 Å². The molecule has 0 aliphatic rings. The summed E-state index contributed by atoms with van der Waals surface area (Å²) in [6.07, 6.45) is 4.36. The Balaban J connectivity index is 1.34. The van der Waals surface area contributed by atoms with Crippen molar-refractivity contribution in [2.45, 2.75) is 13.1 Å². The molecule has 0 atom stereocenters. The minimum Gasteiger partial charge on any atom is -0.497 e. The van der Waals surface area contributed by atoms with Crippen LogP contribution in [0.1, 0.15) is 11.1 Å². The van der Waals surface area contributed by atoms with E-state index >= 15 is 0 Å². The zero-order valence-electron chi connectivity index (χ0n) is 19.2. The van der Waals surface area contributed by atoms with Crippen molar-refractivity contribution in [3.05, 3.63) is 127 Å². The van der Waals surface area contributed by atoms with Crippen molar-refractivity contribution >= 4 is 21.8 Å². The van der Waals surface area contributed by atoms with E-state index in [9.17, 15) is 0 Å². The lowest BCUT2D eigenvalue weighted by atomic mass is 10.0. The van der Waals surface area contributed by atoms with Gasteiger partial charge in [0.2, 0.25) is 0 Å². The molecule has 34 heavy (non-hydrogen) atoms. The van der Waals surface area contributed by atoms with Gasteiger partial charge in [-0.15, -0.1) is 0 Å². The molecule has 6 aromatic rings. The Morgan fingerprint density at radius 3 is 1.62 bits per heavy atom. The van der Waals surface area contributed by atoms with E-state index in [1.807, 2.05) is 12.1 Å². The fraction of sp³-hybridized carbons (Fsp3) is 0.0968. The van der Waals surface area contributed by atoms with Gasteiger partial charge in [-0.2, -0.15) is 0 Å². The number of rotatable bonds is 6. The predicted octanol–water partition coefficient (Wildman–Crippen LogP) is 7.37. The molecule has 3 heteroatoms. The first-order valence-corrected chi connectivity index (χ1v) is 11.6. The fourth-order valence-corrected chi connectivity index (χ4v) is 4.71. The van der Waals surface area contributed by atoms with Crippen LogP contribution in [0.4, 0.5) is 0 Å². The molecule has 0 N–H and O–H groups in total. The highest BCUT2D eigenvalue weighted by Crippen LogP contribution is 2.29. The van der Waals surface area contributed by atoms with Crippen LogP contribution < -0.4 is 4.74 Å². The van der Waals surface area contributed by atoms with Crippen LogP contribution in [0.3, 0.4) is 0 Å². The smallest absolute Gasteiger partial charge is 0.118 e. The second kappa shape index (κ2) is 8.60. The largest absolute Gasteiger partial charge is 0.497 e. The summed E-state index contributed by atoms with van der Waals surface area (Å²) in [5.41, 5.74) is 7.53. The van der Waals surface area contributed by atoms with Gasteiger partial charge in [-0.25, -0.2) is 0 Å². The Morgan fingerprint density at radius 2 is 1.09 bits per heavy atom. The van der Waals surface area contributed by atoms with Crippen molar-refractivity contribution in [1.29, 1.82) is 0 Å². The zero-order valence-corrected chi connectivity index (χ0v) is 19.2. The van der Waals surface area contributed by atoms with E-state index in [4.69, 9.17) is 4.74 Å². The van der Waals surface area contributed by atoms with Gasteiger partial charge in [0.05, 0.1) is 7.11 Å². The maximum absolute atomic E-state index is 5.30. The quantitative estimate of drug-likeness (QED) is 0.263. The highest BCUT2D eigenvalue weighted by atomic mass is 16.5. The predicted molar refractivity (Wildman–Crippen MR) is 141 cm³/mol. The molecular weight excluding hydrogens is 416 g/mol. The Morgan fingerprint density at radius 1 is 0.559 bits per heavy atom. The van der Waals surface area contributed by atoms with Crippen LogP contribution >= 0.6 is 0 Å². The number of hydrogen-bond donors (Lipinski definition) is 0. The molecule has 3 nitrogen and oxygen atoms in total. The molecular formula is C31H26N2O. The molecule has 0 amide bonds. The molecule has 4 aromatic carbocycles. The van der Waals surface area contributed by atoms with E-state index in [0.29, 0.717) is 0 Å². The standard InChI is InChI=1S/C31H26N2O/c1-34-29-13-7-24(8-14-29)22-33-18-16-26-10-12-28(20-31(26)33)27-11-9-25-15-17-32(30(25)19-27)21-23-5-3-2-4-6-23/h2-20H,21-22H2,1H3. The van der Waals surface area contributed by atoms with Crippen LogP contribution in [0.5, 0.6) is 5.75 Å². The molecule has 2 aromatic heterocycles. The molecule has 2 heterocycles. The summed E-state index contributed by atoms with van der Waals surface area (Å²) in [4.78, 5) is 0. The monoisotopic (exact) mass is 442 g/mol. The van der Waals surface area contributed by atoms with Gasteiger partial charge in [-0.1, -0.05) is 66.7 Å². The first kappa shape index (κ1) is 20.4. The van der Waals surface area contributed by atoms with Gasteiger partial charge in [-0.05, 0) is 69.4 Å². The van der Waals surface area contributed by atoms with Crippen LogP contribution in [0.15, 0.2) is 116 Å². The normalized spacial score (nSPS) is 11.3. The Kier molecular flexibility index (Phi) is 5.15. The third kappa shape index (κ3) is 3.86. The van der Waals surface area contributed by atoms with E-state index in [0.717, 1.165) is 18.8 Å². The van der Waals surface area contributed by atoms with Crippen LogP contribution in [0, 0.1) is 0 Å². The molecule has 0 aliphatic carbocycles. The first-order chi connectivity index (χ1) is 16.8. The number of benzene rings is 4. The van der Waals surface area contributed by atoms with Gasteiger partial charge in [0, 0.05) is 36.5 Å². The molecule has 0 bridgehead atoms. The van der Waals surface area contributed by atoms with Gasteiger partial charge in [-0.3, -0.25) is 0 Å². The first-order valence-electron chi connectivity index (χ1n) is 11.6. The van der Waals surface area contributed by atoms with E-state index in [2.05, 4.69) is 113 Å². The maximum Gasteiger partial charge on any atom is 0.118 e. The van der Waals surface area contributed by atoms with E-state index in [1.165, 1.54) is 44.1 Å². The average molecular weight is 443 g/mol. The van der Waals surface area contributed by atoms with Crippen molar-refractivity contribution in [1.82, 2.24) is 9.13 Å². The van der Waals surface area contributed by atoms with Crippen LogP contribution in [-0.2, 0) is 13.1 Å². The Hall–Kier alpha value is -4.24. The SMILES string of the molecule is COc1ccc(Cn2ccc3ccc(-c4ccc5ccn(Cc6ccccc6)c5c4)cc32)cc1. The van der Waals surface area contributed by atoms with E-state index < -0.39 is 0 Å². The molecule has 0 fully saturated rings. The minimum atomic E-state index is 0.829. The van der Waals surface area contributed by atoms with Crippen molar-refractivity contribution < 1.29 is 4.74 Å². The summed E-state index contributed by atoms with van der Waals surface area (Å²) in [7, 11) is 1.70. The number of hydrogen-bond acceptors (Lipinski definition) is 1. The number of fused-ring (bicyclic) bond motifs is 2. The average Bonchev–Trinajstić information content (AvgIpc) is 3.48. The zero-order chi connectivity index (χ0) is 22.9. The van der Waals surface area contributed by atoms with Crippen LogP contribution in [0.25, 0.3) is 32.9 Å². The van der Waals surface area contributed by atoms with Gasteiger partial charge in [0.15, 0.2) is 0 Å². The minimum absolute atomic E-state index is 0.829. The lowest BCUT2D eigenvalue weighted by molar-refractivity contribution is 0.414. The molecule has 166 valence electrons.